The number of benzene rings is 3. The molecule has 0 radical (unpaired) electrons. The van der Waals surface area contributed by atoms with Crippen molar-refractivity contribution in [3.05, 3.63) is 143 Å². The number of anilines is 2. The van der Waals surface area contributed by atoms with E-state index in [0.29, 0.717) is 0 Å². The van der Waals surface area contributed by atoms with Gasteiger partial charge in [-0.25, -0.2) is 4.98 Å². The number of halogens is 1. The zero-order chi connectivity index (χ0) is 26.9. The van der Waals surface area contributed by atoms with E-state index in [9.17, 15) is 0 Å². The summed E-state index contributed by atoms with van der Waals surface area (Å²) in [6.07, 6.45) is 17.3. The molecule has 0 saturated carbocycles. The first-order chi connectivity index (χ1) is 19.7. The highest BCUT2D eigenvalue weighted by atomic mass is 79.9. The van der Waals surface area contributed by atoms with E-state index in [-0.39, 0.29) is 6.17 Å². The SMILES string of the molecule is Brc1cc(C2=CNCC=C2)cc(-c2ccc(C3Nc4cc(-c5ccccc5)cnc4N3C3=CCCC=C3)cc2)c1. The molecule has 40 heavy (non-hydrogen) atoms. The summed E-state index contributed by atoms with van der Waals surface area (Å²) < 4.78 is 1.07. The van der Waals surface area contributed by atoms with Crippen molar-refractivity contribution in [1.82, 2.24) is 10.3 Å². The van der Waals surface area contributed by atoms with E-state index in [1.54, 1.807) is 0 Å². The summed E-state index contributed by atoms with van der Waals surface area (Å²) in [5.41, 5.74) is 10.4. The van der Waals surface area contributed by atoms with Crippen LogP contribution in [-0.4, -0.2) is 11.5 Å². The molecule has 0 bridgehead atoms. The van der Waals surface area contributed by atoms with Crippen molar-refractivity contribution >= 4 is 33.0 Å². The number of hydrogen-bond donors (Lipinski definition) is 2. The molecule has 1 aliphatic carbocycles. The summed E-state index contributed by atoms with van der Waals surface area (Å²) in [5, 5.41) is 7.10. The van der Waals surface area contributed by atoms with Crippen molar-refractivity contribution in [2.24, 2.45) is 0 Å². The van der Waals surface area contributed by atoms with Crippen LogP contribution in [0.3, 0.4) is 0 Å². The van der Waals surface area contributed by atoms with Crippen LogP contribution in [0.2, 0.25) is 0 Å². The Balaban J connectivity index is 1.23. The molecule has 3 aromatic carbocycles. The van der Waals surface area contributed by atoms with E-state index in [0.717, 1.165) is 40.9 Å². The van der Waals surface area contributed by atoms with Gasteiger partial charge in [0.2, 0.25) is 0 Å². The van der Waals surface area contributed by atoms with Crippen LogP contribution in [0.4, 0.5) is 11.5 Å². The fourth-order valence-electron chi connectivity index (χ4n) is 5.59. The maximum absolute atomic E-state index is 4.96. The highest BCUT2D eigenvalue weighted by Crippen LogP contribution is 2.44. The lowest BCUT2D eigenvalue weighted by molar-refractivity contribution is 0.783. The molecular formula is C35H29BrN4. The molecule has 1 unspecified atom stereocenters. The second-order valence-corrected chi connectivity index (χ2v) is 11.2. The molecule has 2 N–H and O–H groups in total. The van der Waals surface area contributed by atoms with Crippen LogP contribution in [0.5, 0.6) is 0 Å². The smallest absolute Gasteiger partial charge is 0.158 e. The van der Waals surface area contributed by atoms with Crippen molar-refractivity contribution in [2.45, 2.75) is 19.0 Å². The molecule has 4 aromatic rings. The lowest BCUT2D eigenvalue weighted by Gasteiger charge is -2.28. The molecule has 1 atom stereocenters. The molecule has 0 amide bonds. The molecular weight excluding hydrogens is 556 g/mol. The van der Waals surface area contributed by atoms with Gasteiger partial charge in [0.05, 0.1) is 5.69 Å². The molecule has 7 rings (SSSR count). The first-order valence-corrected chi connectivity index (χ1v) is 14.5. The number of dihydropyridines is 1. The van der Waals surface area contributed by atoms with Gasteiger partial charge in [0, 0.05) is 34.7 Å². The molecule has 0 spiro atoms. The van der Waals surface area contributed by atoms with E-state index in [4.69, 9.17) is 4.98 Å². The highest BCUT2D eigenvalue weighted by Gasteiger charge is 2.33. The monoisotopic (exact) mass is 584 g/mol. The summed E-state index contributed by atoms with van der Waals surface area (Å²) in [6, 6.07) is 28.2. The Morgan fingerprint density at radius 2 is 1.60 bits per heavy atom. The Labute approximate surface area is 243 Å². The van der Waals surface area contributed by atoms with Crippen molar-refractivity contribution in [3.63, 3.8) is 0 Å². The quantitative estimate of drug-likeness (QED) is 0.246. The van der Waals surface area contributed by atoms with Crippen LogP contribution in [0.25, 0.3) is 27.8 Å². The minimum Gasteiger partial charge on any atom is -0.387 e. The van der Waals surface area contributed by atoms with Gasteiger partial charge in [0.15, 0.2) is 5.82 Å². The Bertz CT molecular complexity index is 1680. The Morgan fingerprint density at radius 3 is 2.38 bits per heavy atom. The summed E-state index contributed by atoms with van der Waals surface area (Å²) in [4.78, 5) is 7.30. The topological polar surface area (TPSA) is 40.2 Å². The van der Waals surface area contributed by atoms with Crippen LogP contribution >= 0.6 is 15.9 Å². The third-order valence-corrected chi connectivity index (χ3v) is 8.05. The van der Waals surface area contributed by atoms with Crippen LogP contribution in [0, 0.1) is 0 Å². The molecule has 2 aliphatic heterocycles. The number of nitrogens with zero attached hydrogens (tertiary/aromatic N) is 2. The number of allylic oxidation sites excluding steroid dienone is 5. The van der Waals surface area contributed by atoms with Crippen LogP contribution < -0.4 is 15.5 Å². The number of nitrogens with one attached hydrogen (secondary N) is 2. The Morgan fingerprint density at radius 1 is 0.775 bits per heavy atom. The third-order valence-electron chi connectivity index (χ3n) is 7.59. The Kier molecular flexibility index (Phi) is 6.58. The van der Waals surface area contributed by atoms with Crippen molar-refractivity contribution in [3.8, 4) is 22.3 Å². The molecule has 4 nitrogen and oxygen atoms in total. The lowest BCUT2D eigenvalue weighted by atomic mass is 9.97. The Hall–Kier alpha value is -4.35. The fourth-order valence-corrected chi connectivity index (χ4v) is 6.08. The predicted octanol–water partition coefficient (Wildman–Crippen LogP) is 8.84. The molecule has 0 saturated heterocycles. The molecule has 3 heterocycles. The first-order valence-electron chi connectivity index (χ1n) is 13.7. The molecule has 1 aromatic heterocycles. The van der Waals surface area contributed by atoms with Crippen molar-refractivity contribution in [2.75, 3.05) is 16.8 Å². The van der Waals surface area contributed by atoms with Crippen LogP contribution in [0.1, 0.15) is 30.1 Å². The fraction of sp³-hybridized carbons (Fsp3) is 0.114. The summed E-state index contributed by atoms with van der Waals surface area (Å²) >= 11 is 3.73. The minimum absolute atomic E-state index is 0.0433. The largest absolute Gasteiger partial charge is 0.387 e. The number of fused-ring (bicyclic) bond motifs is 1. The van der Waals surface area contributed by atoms with E-state index < -0.39 is 0 Å². The van der Waals surface area contributed by atoms with Gasteiger partial charge in [-0.05, 0) is 76.6 Å². The molecule has 5 heteroatoms. The van der Waals surface area contributed by atoms with Gasteiger partial charge in [-0.1, -0.05) is 94.8 Å². The van der Waals surface area contributed by atoms with Gasteiger partial charge in [0.25, 0.3) is 0 Å². The zero-order valence-electron chi connectivity index (χ0n) is 22.0. The standard InChI is InChI=1S/C35H29BrN4/c36-31-19-28(18-29(20-31)27-10-7-17-37-22-27)25-13-15-26(16-14-25)34-39-33-21-30(24-8-3-1-4-9-24)23-38-35(33)40(34)32-11-5-2-6-12-32/h1,3-5,7-16,18-23,34,37,39H,2,6,17H2. The molecule has 3 aliphatic rings. The van der Waals surface area contributed by atoms with Gasteiger partial charge in [0.1, 0.15) is 6.17 Å². The lowest BCUT2D eigenvalue weighted by Crippen LogP contribution is -2.27. The molecule has 0 fully saturated rings. The average Bonchev–Trinajstić information content (AvgIpc) is 3.41. The maximum Gasteiger partial charge on any atom is 0.158 e. The van der Waals surface area contributed by atoms with Crippen LogP contribution in [-0.2, 0) is 0 Å². The van der Waals surface area contributed by atoms with Gasteiger partial charge in [-0.15, -0.1) is 0 Å². The second-order valence-electron chi connectivity index (χ2n) is 10.2. The van der Waals surface area contributed by atoms with E-state index in [2.05, 4.69) is 141 Å². The summed E-state index contributed by atoms with van der Waals surface area (Å²) in [7, 11) is 0. The average molecular weight is 586 g/mol. The van der Waals surface area contributed by atoms with Gasteiger partial charge in [-0.2, -0.15) is 0 Å². The number of hydrogen-bond acceptors (Lipinski definition) is 4. The zero-order valence-corrected chi connectivity index (χ0v) is 23.6. The predicted molar refractivity (Wildman–Crippen MR) is 170 cm³/mol. The minimum atomic E-state index is -0.0433. The first kappa shape index (κ1) is 24.7. The number of pyridine rings is 1. The molecule has 196 valence electrons. The maximum atomic E-state index is 4.96. The van der Waals surface area contributed by atoms with Crippen LogP contribution in [0.15, 0.2) is 132 Å². The highest BCUT2D eigenvalue weighted by molar-refractivity contribution is 9.10. The van der Waals surface area contributed by atoms with Crippen molar-refractivity contribution < 1.29 is 0 Å². The van der Waals surface area contributed by atoms with Gasteiger partial charge in [-0.3, -0.25) is 4.90 Å². The van der Waals surface area contributed by atoms with E-state index in [1.807, 2.05) is 12.3 Å². The van der Waals surface area contributed by atoms with Crippen molar-refractivity contribution in [1.29, 1.82) is 0 Å². The number of rotatable bonds is 5. The third kappa shape index (κ3) is 4.78. The number of aromatic nitrogens is 1. The van der Waals surface area contributed by atoms with E-state index in [1.165, 1.54) is 39.1 Å². The van der Waals surface area contributed by atoms with Gasteiger partial charge >= 0.3 is 0 Å². The van der Waals surface area contributed by atoms with E-state index >= 15 is 0 Å². The normalized spacial score (nSPS) is 17.5. The summed E-state index contributed by atoms with van der Waals surface area (Å²) in [5.74, 6) is 0.964. The summed E-state index contributed by atoms with van der Waals surface area (Å²) in [6.45, 7) is 0.873. The second kappa shape index (κ2) is 10.7. The van der Waals surface area contributed by atoms with Gasteiger partial charge < -0.3 is 10.6 Å².